The van der Waals surface area contributed by atoms with Crippen molar-refractivity contribution < 1.29 is 14.4 Å². The van der Waals surface area contributed by atoms with E-state index in [0.717, 1.165) is 0 Å². The Bertz CT molecular complexity index is 521. The molecule has 0 aliphatic rings. The fraction of sp³-hybridized carbons (Fsp3) is 0.200. The number of aromatic hydroxyl groups is 1. The summed E-state index contributed by atoms with van der Waals surface area (Å²) in [5.74, 6) is 0.275. The zero-order chi connectivity index (χ0) is 12.3. The normalized spacial score (nSPS) is 10.4. The first-order valence-corrected chi connectivity index (χ1v) is 4.91. The highest BCUT2D eigenvalue weighted by atomic mass is 16.5. The van der Waals surface area contributed by atoms with Gasteiger partial charge in [-0.15, -0.1) is 0 Å². The van der Waals surface area contributed by atoms with Crippen LogP contribution in [0.3, 0.4) is 0 Å². The molecular formula is C10H10N4O3. The fourth-order valence-corrected chi connectivity index (χ4v) is 1.21. The molecule has 88 valence electrons. The summed E-state index contributed by atoms with van der Waals surface area (Å²) in [5, 5.41) is 12.8. The molecule has 0 unspecified atom stereocenters. The molecule has 17 heavy (non-hydrogen) atoms. The molecule has 7 heteroatoms. The maximum Gasteiger partial charge on any atom is 0.227 e. The number of carbonyl (C=O) groups is 1. The van der Waals surface area contributed by atoms with E-state index in [4.69, 9.17) is 15.4 Å². The van der Waals surface area contributed by atoms with E-state index in [1.54, 1.807) is 6.07 Å². The van der Waals surface area contributed by atoms with Gasteiger partial charge in [0, 0.05) is 12.8 Å². The van der Waals surface area contributed by atoms with Crippen LogP contribution in [0.1, 0.15) is 12.3 Å². The Kier molecular flexibility index (Phi) is 2.99. The van der Waals surface area contributed by atoms with Crippen LogP contribution < -0.4 is 5.73 Å². The first-order valence-electron chi connectivity index (χ1n) is 4.91. The van der Waals surface area contributed by atoms with Crippen LogP contribution in [0.2, 0.25) is 0 Å². The quantitative estimate of drug-likeness (QED) is 0.783. The Labute approximate surface area is 96.3 Å². The average molecular weight is 234 g/mol. The first-order chi connectivity index (χ1) is 8.15. The molecule has 0 aliphatic heterocycles. The Morgan fingerprint density at radius 1 is 1.47 bits per heavy atom. The predicted octanol–water partition coefficient (Wildman–Crippen LogP) is 0.255. The number of carbonyl (C=O) groups excluding carboxylic acids is 1. The molecule has 3 N–H and O–H groups in total. The number of hydrogen-bond donors (Lipinski definition) is 2. The van der Waals surface area contributed by atoms with E-state index < -0.39 is 5.91 Å². The number of amides is 1. The predicted molar refractivity (Wildman–Crippen MR) is 56.7 cm³/mol. The molecular weight excluding hydrogens is 224 g/mol. The molecule has 0 saturated carbocycles. The lowest BCUT2D eigenvalue weighted by atomic mass is 10.3. The molecule has 0 atom stereocenters. The number of hydrogen-bond acceptors (Lipinski definition) is 6. The summed E-state index contributed by atoms with van der Waals surface area (Å²) in [4.78, 5) is 18.6. The number of aromatic nitrogens is 3. The summed E-state index contributed by atoms with van der Waals surface area (Å²) in [6.45, 7) is 0. The van der Waals surface area contributed by atoms with Crippen LogP contribution in [0, 0.1) is 0 Å². The lowest BCUT2D eigenvalue weighted by Gasteiger charge is -1.92. The zero-order valence-corrected chi connectivity index (χ0v) is 8.83. The van der Waals surface area contributed by atoms with Crippen molar-refractivity contribution in [2.45, 2.75) is 12.8 Å². The van der Waals surface area contributed by atoms with Crippen LogP contribution in [0.5, 0.6) is 5.75 Å². The number of aryl methyl sites for hydroxylation is 1. The van der Waals surface area contributed by atoms with Crippen LogP contribution in [-0.4, -0.2) is 26.1 Å². The minimum Gasteiger partial charge on any atom is -0.506 e. The number of nitrogens with two attached hydrogens (primary N) is 1. The van der Waals surface area contributed by atoms with E-state index in [0.29, 0.717) is 23.8 Å². The lowest BCUT2D eigenvalue weighted by molar-refractivity contribution is -0.118. The van der Waals surface area contributed by atoms with Gasteiger partial charge in [0.05, 0.1) is 6.20 Å². The largest absolute Gasteiger partial charge is 0.506 e. The smallest absolute Gasteiger partial charge is 0.227 e. The third-order valence-electron chi connectivity index (χ3n) is 2.03. The molecule has 0 aromatic carbocycles. The van der Waals surface area contributed by atoms with E-state index in [1.807, 2.05) is 0 Å². The minimum absolute atomic E-state index is 0.0613. The summed E-state index contributed by atoms with van der Waals surface area (Å²) >= 11 is 0. The monoisotopic (exact) mass is 234 g/mol. The summed E-state index contributed by atoms with van der Waals surface area (Å²) < 4.78 is 4.93. The molecule has 0 radical (unpaired) electrons. The minimum atomic E-state index is -0.424. The van der Waals surface area contributed by atoms with Crippen molar-refractivity contribution in [2.24, 2.45) is 5.73 Å². The molecule has 2 rings (SSSR count). The summed E-state index contributed by atoms with van der Waals surface area (Å²) in [6, 6.07) is 3.04. The van der Waals surface area contributed by atoms with Gasteiger partial charge in [-0.2, -0.15) is 4.98 Å². The highest BCUT2D eigenvalue weighted by molar-refractivity contribution is 5.73. The molecule has 0 fully saturated rings. The molecule has 2 aromatic rings. The van der Waals surface area contributed by atoms with Crippen molar-refractivity contribution in [1.29, 1.82) is 0 Å². The van der Waals surface area contributed by atoms with Gasteiger partial charge in [-0.25, -0.2) is 4.98 Å². The fourth-order valence-electron chi connectivity index (χ4n) is 1.21. The topological polar surface area (TPSA) is 115 Å². The first kappa shape index (κ1) is 11.1. The van der Waals surface area contributed by atoms with Crippen LogP contribution >= 0.6 is 0 Å². The van der Waals surface area contributed by atoms with Crippen molar-refractivity contribution >= 4 is 5.91 Å². The van der Waals surface area contributed by atoms with Crippen molar-refractivity contribution in [3.05, 3.63) is 24.2 Å². The lowest BCUT2D eigenvalue weighted by Crippen LogP contribution is -2.11. The highest BCUT2D eigenvalue weighted by Gasteiger charge is 2.10. The van der Waals surface area contributed by atoms with Gasteiger partial charge >= 0.3 is 0 Å². The maximum absolute atomic E-state index is 10.6. The summed E-state index contributed by atoms with van der Waals surface area (Å²) in [5.41, 5.74) is 5.49. The molecule has 0 spiro atoms. The summed E-state index contributed by atoms with van der Waals surface area (Å²) in [7, 11) is 0. The van der Waals surface area contributed by atoms with E-state index in [9.17, 15) is 4.79 Å². The zero-order valence-electron chi connectivity index (χ0n) is 8.83. The number of nitrogens with zero attached hydrogens (tertiary/aromatic N) is 3. The average Bonchev–Trinajstić information content (AvgIpc) is 2.76. The number of primary amides is 1. The SMILES string of the molecule is NC(=O)CCc1nc(-c2ccc(O)cn2)no1. The number of pyridine rings is 1. The van der Waals surface area contributed by atoms with E-state index in [1.165, 1.54) is 12.3 Å². The van der Waals surface area contributed by atoms with Gasteiger partial charge in [-0.3, -0.25) is 4.79 Å². The highest BCUT2D eigenvalue weighted by Crippen LogP contribution is 2.15. The number of rotatable bonds is 4. The molecule has 7 nitrogen and oxygen atoms in total. The molecule has 2 aromatic heterocycles. The van der Waals surface area contributed by atoms with Crippen LogP contribution in [-0.2, 0) is 11.2 Å². The Hall–Kier alpha value is -2.44. The van der Waals surface area contributed by atoms with Crippen LogP contribution in [0.15, 0.2) is 22.9 Å². The Balaban J connectivity index is 2.12. The van der Waals surface area contributed by atoms with Gasteiger partial charge in [0.1, 0.15) is 11.4 Å². The van der Waals surface area contributed by atoms with Crippen LogP contribution in [0.25, 0.3) is 11.5 Å². The molecule has 1 amide bonds. The van der Waals surface area contributed by atoms with Crippen molar-refractivity contribution in [2.75, 3.05) is 0 Å². The van der Waals surface area contributed by atoms with Crippen LogP contribution in [0.4, 0.5) is 0 Å². The molecule has 0 saturated heterocycles. The third-order valence-corrected chi connectivity index (χ3v) is 2.03. The maximum atomic E-state index is 10.6. The summed E-state index contributed by atoms with van der Waals surface area (Å²) in [6.07, 6.45) is 1.75. The molecule has 2 heterocycles. The van der Waals surface area contributed by atoms with E-state index in [-0.39, 0.29) is 12.2 Å². The Morgan fingerprint density at radius 3 is 2.94 bits per heavy atom. The second-order valence-corrected chi connectivity index (χ2v) is 3.38. The van der Waals surface area contributed by atoms with Crippen molar-refractivity contribution in [1.82, 2.24) is 15.1 Å². The second kappa shape index (κ2) is 4.60. The Morgan fingerprint density at radius 2 is 2.29 bits per heavy atom. The standard InChI is InChI=1S/C10H10N4O3/c11-8(16)3-4-9-13-10(14-17-9)7-2-1-6(15)5-12-7/h1-2,5,15H,3-4H2,(H2,11,16). The van der Waals surface area contributed by atoms with Gasteiger partial charge in [0.2, 0.25) is 17.6 Å². The second-order valence-electron chi connectivity index (χ2n) is 3.38. The van der Waals surface area contributed by atoms with E-state index in [2.05, 4.69) is 15.1 Å². The third kappa shape index (κ3) is 2.77. The van der Waals surface area contributed by atoms with E-state index >= 15 is 0 Å². The molecule has 0 bridgehead atoms. The van der Waals surface area contributed by atoms with Crippen molar-refractivity contribution in [3.63, 3.8) is 0 Å². The van der Waals surface area contributed by atoms with Gasteiger partial charge < -0.3 is 15.4 Å². The van der Waals surface area contributed by atoms with Gasteiger partial charge in [0.25, 0.3) is 0 Å². The van der Waals surface area contributed by atoms with Gasteiger partial charge in [0.15, 0.2) is 0 Å². The van der Waals surface area contributed by atoms with Crippen molar-refractivity contribution in [3.8, 4) is 17.3 Å². The molecule has 0 aliphatic carbocycles. The van der Waals surface area contributed by atoms with Gasteiger partial charge in [-0.1, -0.05) is 5.16 Å². The van der Waals surface area contributed by atoms with Gasteiger partial charge in [-0.05, 0) is 12.1 Å².